The van der Waals surface area contributed by atoms with Crippen molar-refractivity contribution >= 4 is 48.1 Å². The number of allylic oxidation sites excluding steroid dienone is 2. The zero-order valence-corrected chi connectivity index (χ0v) is 30.8. The van der Waals surface area contributed by atoms with Gasteiger partial charge in [-0.05, 0) is 38.0 Å². The minimum absolute atomic E-state index is 0. The van der Waals surface area contributed by atoms with Crippen LogP contribution in [0.4, 0.5) is 0 Å². The first-order valence-electron chi connectivity index (χ1n) is 14.8. The zero-order chi connectivity index (χ0) is 30.5. The van der Waals surface area contributed by atoms with E-state index in [0.717, 1.165) is 65.5 Å². The van der Waals surface area contributed by atoms with Crippen molar-refractivity contribution in [3.8, 4) is 11.3 Å². The number of rotatable bonds is 9. The summed E-state index contributed by atoms with van der Waals surface area (Å²) >= 11 is 3.60. The Kier molecular flexibility index (Phi) is 13.5. The molecule has 3 heterocycles. The molecule has 0 bridgehead atoms. The SMILES string of the molecule is CCC(CC)C(=O)/C=C(\O)C(CC)CC.Cc1[c-]c(-c2nnc(C)c3c2sc2sc(CC(C)(C)C)nc23)cc(C)c1.[Ir]. The van der Waals surface area contributed by atoms with Crippen molar-refractivity contribution in [1.29, 1.82) is 0 Å². The van der Waals surface area contributed by atoms with Crippen LogP contribution in [0.2, 0.25) is 0 Å². The van der Waals surface area contributed by atoms with Gasteiger partial charge in [-0.3, -0.25) is 4.79 Å². The van der Waals surface area contributed by atoms with Gasteiger partial charge in [0.2, 0.25) is 0 Å². The summed E-state index contributed by atoms with van der Waals surface area (Å²) in [6, 6.07) is 7.71. The molecular formula is C34H46IrN3O2S2-. The molecule has 0 fully saturated rings. The molecule has 0 unspecified atom stereocenters. The van der Waals surface area contributed by atoms with Crippen LogP contribution >= 0.6 is 22.7 Å². The number of aryl methyl sites for hydroxylation is 3. The average Bonchev–Trinajstić information content (AvgIpc) is 3.42. The number of hydrogen-bond acceptors (Lipinski definition) is 7. The third kappa shape index (κ3) is 9.01. The molecule has 0 aliphatic carbocycles. The molecule has 0 saturated carbocycles. The van der Waals surface area contributed by atoms with Crippen LogP contribution in [0, 0.1) is 44.1 Å². The Balaban J connectivity index is 0.000000334. The van der Waals surface area contributed by atoms with Gasteiger partial charge in [0.25, 0.3) is 0 Å². The van der Waals surface area contributed by atoms with Crippen molar-refractivity contribution in [2.75, 3.05) is 0 Å². The molecule has 0 saturated heterocycles. The smallest absolute Gasteiger partial charge is 0.162 e. The molecule has 1 radical (unpaired) electrons. The van der Waals surface area contributed by atoms with E-state index >= 15 is 0 Å². The summed E-state index contributed by atoms with van der Waals surface area (Å²) in [5, 5.41) is 21.1. The predicted molar refractivity (Wildman–Crippen MR) is 176 cm³/mol. The molecule has 42 heavy (non-hydrogen) atoms. The fourth-order valence-corrected chi connectivity index (χ4v) is 7.89. The fraction of sp³-hybridized carbons (Fsp3) is 0.529. The summed E-state index contributed by atoms with van der Waals surface area (Å²) in [5.74, 6) is 0.547. The minimum atomic E-state index is 0. The van der Waals surface area contributed by atoms with Gasteiger partial charge in [-0.2, -0.15) is 10.2 Å². The number of aliphatic hydroxyl groups excluding tert-OH is 1. The number of carbonyl (C=O) groups excluding carboxylic acids is 1. The van der Waals surface area contributed by atoms with E-state index < -0.39 is 0 Å². The molecular weight excluding hydrogens is 739 g/mol. The number of benzene rings is 1. The Morgan fingerprint density at radius 2 is 1.60 bits per heavy atom. The van der Waals surface area contributed by atoms with E-state index in [9.17, 15) is 9.90 Å². The number of fused-ring (bicyclic) bond motifs is 3. The molecule has 0 aliphatic rings. The van der Waals surface area contributed by atoms with Gasteiger partial charge in [0.15, 0.2) is 5.78 Å². The summed E-state index contributed by atoms with van der Waals surface area (Å²) in [7, 11) is 0. The number of carbonyl (C=O) groups is 1. The van der Waals surface area contributed by atoms with Gasteiger partial charge < -0.3 is 5.11 Å². The maximum atomic E-state index is 11.7. The molecule has 3 aromatic heterocycles. The summed E-state index contributed by atoms with van der Waals surface area (Å²) in [6.07, 6.45) is 5.90. The molecule has 1 N–H and O–H groups in total. The van der Waals surface area contributed by atoms with Gasteiger partial charge in [-0.25, -0.2) is 4.98 Å². The van der Waals surface area contributed by atoms with E-state index in [0.29, 0.717) is 0 Å². The molecule has 0 amide bonds. The van der Waals surface area contributed by atoms with Crippen molar-refractivity contribution < 1.29 is 30.0 Å². The largest absolute Gasteiger partial charge is 0.512 e. The van der Waals surface area contributed by atoms with Gasteiger partial charge in [-0.1, -0.05) is 62.3 Å². The Bertz CT molecular complexity index is 1500. The van der Waals surface area contributed by atoms with E-state index in [1.54, 1.807) is 11.3 Å². The Morgan fingerprint density at radius 3 is 2.14 bits per heavy atom. The fourth-order valence-electron chi connectivity index (χ4n) is 5.06. The van der Waals surface area contributed by atoms with Gasteiger partial charge in [-0.15, -0.1) is 57.6 Å². The first-order valence-corrected chi connectivity index (χ1v) is 16.4. The van der Waals surface area contributed by atoms with E-state index in [1.807, 2.05) is 46.0 Å². The quantitative estimate of drug-likeness (QED) is 0.104. The monoisotopic (exact) mass is 785 g/mol. The van der Waals surface area contributed by atoms with Crippen molar-refractivity contribution in [2.24, 2.45) is 17.3 Å². The summed E-state index contributed by atoms with van der Waals surface area (Å²) in [5.41, 5.74) is 6.56. The van der Waals surface area contributed by atoms with Crippen LogP contribution < -0.4 is 0 Å². The van der Waals surface area contributed by atoms with Crippen molar-refractivity contribution in [3.05, 3.63) is 51.9 Å². The molecule has 4 aromatic rings. The van der Waals surface area contributed by atoms with Crippen molar-refractivity contribution in [3.63, 3.8) is 0 Å². The Morgan fingerprint density at radius 1 is 0.976 bits per heavy atom. The normalized spacial score (nSPS) is 12.1. The van der Waals surface area contributed by atoms with Gasteiger partial charge in [0.1, 0.15) is 9.53 Å². The van der Waals surface area contributed by atoms with Gasteiger partial charge in [0, 0.05) is 60.2 Å². The van der Waals surface area contributed by atoms with E-state index in [4.69, 9.17) is 4.98 Å². The van der Waals surface area contributed by atoms with Gasteiger partial charge >= 0.3 is 0 Å². The summed E-state index contributed by atoms with van der Waals surface area (Å²) in [4.78, 5) is 16.7. The molecule has 0 atom stereocenters. The number of thiazole rings is 1. The van der Waals surface area contributed by atoms with Crippen LogP contribution in [0.1, 0.15) is 96.0 Å². The zero-order valence-electron chi connectivity index (χ0n) is 26.8. The van der Waals surface area contributed by atoms with Crippen LogP contribution in [0.5, 0.6) is 0 Å². The number of hydrogen-bond donors (Lipinski definition) is 1. The molecule has 5 nitrogen and oxygen atoms in total. The molecule has 0 spiro atoms. The maximum Gasteiger partial charge on any atom is 0.162 e. The molecule has 1 aromatic carbocycles. The first kappa shape index (κ1) is 36.2. The van der Waals surface area contributed by atoms with E-state index in [1.165, 1.54) is 25.4 Å². The molecule has 231 valence electrons. The second-order valence-electron chi connectivity index (χ2n) is 12.2. The maximum absolute atomic E-state index is 11.7. The molecule has 0 aliphatic heterocycles. The Hall–Kier alpha value is -1.99. The second-order valence-corrected chi connectivity index (χ2v) is 14.5. The van der Waals surface area contributed by atoms with E-state index in [2.05, 4.69) is 63.0 Å². The summed E-state index contributed by atoms with van der Waals surface area (Å²) in [6.45, 7) is 21.0. The number of nitrogens with zero attached hydrogens (tertiary/aromatic N) is 3. The van der Waals surface area contributed by atoms with Crippen LogP contribution in [-0.4, -0.2) is 26.1 Å². The number of ketones is 1. The first-order chi connectivity index (χ1) is 19.3. The number of aromatic nitrogens is 3. The van der Waals surface area contributed by atoms with Crippen molar-refractivity contribution in [2.45, 2.75) is 101 Å². The number of aliphatic hydroxyl groups is 1. The van der Waals surface area contributed by atoms with E-state index in [-0.39, 0.29) is 48.9 Å². The number of thiophene rings is 1. The molecule has 4 rings (SSSR count). The Labute approximate surface area is 273 Å². The minimum Gasteiger partial charge on any atom is -0.512 e. The third-order valence-corrected chi connectivity index (χ3v) is 9.67. The van der Waals surface area contributed by atoms with Gasteiger partial charge in [0.05, 0.1) is 16.5 Å². The third-order valence-electron chi connectivity index (χ3n) is 7.34. The average molecular weight is 785 g/mol. The van der Waals surface area contributed by atoms with Crippen LogP contribution in [0.25, 0.3) is 30.9 Å². The predicted octanol–water partition coefficient (Wildman–Crippen LogP) is 10.1. The topological polar surface area (TPSA) is 76.0 Å². The van der Waals surface area contributed by atoms with Crippen LogP contribution in [0.15, 0.2) is 24.0 Å². The van der Waals surface area contributed by atoms with Crippen LogP contribution in [-0.2, 0) is 31.3 Å². The van der Waals surface area contributed by atoms with Crippen LogP contribution in [0.3, 0.4) is 0 Å². The van der Waals surface area contributed by atoms with Crippen molar-refractivity contribution in [1.82, 2.24) is 15.2 Å². The molecule has 8 heteroatoms. The standard InChI is InChI=1S/C21H22N3S2.C13H24O2.Ir/c1-11-7-12(2)9-14(8-11)17-19-16(13(3)23-24-17)18-20(26-19)25-15(22-18)10-21(4,5)6;1-5-10(6-2)12(14)9-13(15)11(7-3)8-4;/h7-8H,10H2,1-6H3;9-11,14H,5-8H2,1-4H3;/q-1;;/b;12-9-;. The summed E-state index contributed by atoms with van der Waals surface area (Å²) < 4.78 is 2.44. The second kappa shape index (κ2) is 15.6.